The summed E-state index contributed by atoms with van der Waals surface area (Å²) in [7, 11) is -3.64. The van der Waals surface area contributed by atoms with Crippen LogP contribution in [0, 0.1) is 0 Å². The van der Waals surface area contributed by atoms with Gasteiger partial charge in [0.15, 0.2) is 0 Å². The molecular formula is C11H23NaO4S. The van der Waals surface area contributed by atoms with Crippen LogP contribution in [0.2, 0.25) is 0 Å². The largest absolute Gasteiger partial charge is 1.00 e. The van der Waals surface area contributed by atoms with Crippen molar-refractivity contribution in [2.45, 2.75) is 58.8 Å². The van der Waals surface area contributed by atoms with Gasteiger partial charge in [-0.25, -0.2) is 0 Å². The van der Waals surface area contributed by atoms with Gasteiger partial charge in [0.2, 0.25) is 0 Å². The van der Waals surface area contributed by atoms with Crippen molar-refractivity contribution in [1.82, 2.24) is 0 Å². The van der Waals surface area contributed by atoms with Gasteiger partial charge in [-0.2, -0.15) is 8.42 Å². The van der Waals surface area contributed by atoms with E-state index in [1.54, 1.807) is 6.92 Å². The van der Waals surface area contributed by atoms with Crippen LogP contribution >= 0.6 is 0 Å². The van der Waals surface area contributed by atoms with Crippen LogP contribution in [0.1, 0.15) is 60.2 Å². The molecule has 0 N–H and O–H groups in total. The van der Waals surface area contributed by atoms with E-state index in [1.165, 1.54) is 12.8 Å². The molecule has 0 heterocycles. The van der Waals surface area contributed by atoms with Crippen molar-refractivity contribution in [1.29, 1.82) is 0 Å². The van der Waals surface area contributed by atoms with Gasteiger partial charge < -0.3 is 5.61 Å². The third kappa shape index (κ3) is 12.7. The van der Waals surface area contributed by atoms with Crippen molar-refractivity contribution in [2.75, 3.05) is 5.75 Å². The Balaban J connectivity index is -0.00000112. The summed E-state index contributed by atoms with van der Waals surface area (Å²) in [4.78, 5) is 10.8. The zero-order valence-corrected chi connectivity index (χ0v) is 14.0. The van der Waals surface area contributed by atoms with Crippen molar-refractivity contribution in [3.63, 3.8) is 0 Å². The van der Waals surface area contributed by atoms with Crippen LogP contribution in [0.15, 0.2) is 0 Å². The monoisotopic (exact) mass is 274 g/mol. The predicted octanol–water partition coefficient (Wildman–Crippen LogP) is -0.254. The van der Waals surface area contributed by atoms with Gasteiger partial charge in [0.1, 0.15) is 0 Å². The van der Waals surface area contributed by atoms with Crippen LogP contribution in [-0.4, -0.2) is 20.1 Å². The first-order valence-corrected chi connectivity index (χ1v) is 7.54. The second kappa shape index (κ2) is 11.5. The van der Waals surface area contributed by atoms with E-state index >= 15 is 0 Å². The summed E-state index contributed by atoms with van der Waals surface area (Å²) in [5, 5.41) is 0. The third-order valence-corrected chi connectivity index (χ3v) is 3.48. The fourth-order valence-corrected chi connectivity index (χ4v) is 2.34. The molecule has 0 saturated carbocycles. The van der Waals surface area contributed by atoms with Gasteiger partial charge in [-0.1, -0.05) is 46.0 Å². The molecule has 98 valence electrons. The second-order valence-electron chi connectivity index (χ2n) is 3.84. The van der Waals surface area contributed by atoms with E-state index in [2.05, 4.69) is 11.1 Å². The van der Waals surface area contributed by atoms with E-state index in [0.717, 1.165) is 19.3 Å². The predicted molar refractivity (Wildman–Crippen MR) is 64.7 cm³/mol. The van der Waals surface area contributed by atoms with Gasteiger partial charge in [-0.3, -0.25) is 4.79 Å². The van der Waals surface area contributed by atoms with E-state index in [9.17, 15) is 13.2 Å². The van der Waals surface area contributed by atoms with E-state index in [-0.39, 0.29) is 43.2 Å². The Bertz CT molecular complexity index is 293. The topological polar surface area (TPSA) is 60.4 Å². The minimum absolute atomic E-state index is 0. The zero-order chi connectivity index (χ0) is 12.4. The van der Waals surface area contributed by atoms with Crippen LogP contribution in [0.3, 0.4) is 0 Å². The summed E-state index contributed by atoms with van der Waals surface area (Å²) in [5.74, 6) is -0.726. The minimum atomic E-state index is -3.64. The van der Waals surface area contributed by atoms with Crippen molar-refractivity contribution in [3.8, 4) is 0 Å². The van der Waals surface area contributed by atoms with Crippen molar-refractivity contribution < 1.29 is 48.4 Å². The second-order valence-corrected chi connectivity index (χ2v) is 5.53. The molecule has 0 unspecified atom stereocenters. The first-order valence-electron chi connectivity index (χ1n) is 5.96. The van der Waals surface area contributed by atoms with Gasteiger partial charge >= 0.3 is 45.6 Å². The van der Waals surface area contributed by atoms with Gasteiger partial charge in [0.25, 0.3) is 0 Å². The number of carbonyl (C=O) groups is 1. The SMILES string of the molecule is CCCCCCCCS(=O)(=O)OC(=O)CC.[H-].[Na+]. The molecule has 4 nitrogen and oxygen atoms in total. The Morgan fingerprint density at radius 1 is 1.06 bits per heavy atom. The molecular weight excluding hydrogens is 251 g/mol. The molecule has 0 bridgehead atoms. The fourth-order valence-electron chi connectivity index (χ4n) is 1.30. The normalized spacial score (nSPS) is 10.7. The molecule has 0 rings (SSSR count). The van der Waals surface area contributed by atoms with Crippen molar-refractivity contribution in [3.05, 3.63) is 0 Å². The quantitative estimate of drug-likeness (QED) is 0.330. The van der Waals surface area contributed by atoms with Crippen LogP contribution in [-0.2, 0) is 19.1 Å². The van der Waals surface area contributed by atoms with Crippen molar-refractivity contribution >= 4 is 16.1 Å². The molecule has 0 aromatic carbocycles. The summed E-state index contributed by atoms with van der Waals surface area (Å²) in [5.41, 5.74) is 0. The average molecular weight is 274 g/mol. The Morgan fingerprint density at radius 2 is 1.59 bits per heavy atom. The van der Waals surface area contributed by atoms with Crippen LogP contribution in [0.25, 0.3) is 0 Å². The maximum Gasteiger partial charge on any atom is 1.00 e. The summed E-state index contributed by atoms with van der Waals surface area (Å²) >= 11 is 0. The molecule has 0 aromatic rings. The van der Waals surface area contributed by atoms with Gasteiger partial charge in [0, 0.05) is 6.42 Å². The molecule has 0 atom stereocenters. The molecule has 0 saturated heterocycles. The Labute approximate surface area is 128 Å². The number of unbranched alkanes of at least 4 members (excludes halogenated alkanes) is 5. The molecule has 0 aliphatic heterocycles. The number of rotatable bonds is 9. The minimum Gasteiger partial charge on any atom is -1.00 e. The van der Waals surface area contributed by atoms with E-state index in [4.69, 9.17) is 0 Å². The first-order chi connectivity index (χ1) is 7.52. The van der Waals surface area contributed by atoms with Crippen LogP contribution in [0.4, 0.5) is 0 Å². The summed E-state index contributed by atoms with van der Waals surface area (Å²) in [6.45, 7) is 3.71. The van der Waals surface area contributed by atoms with Crippen LogP contribution in [0.5, 0.6) is 0 Å². The Hall–Kier alpha value is 0.420. The standard InChI is InChI=1S/C11H22O4S.Na.H/c1-3-5-6-7-8-9-10-16(13,14)15-11(12)4-2;;/h3-10H2,1-2H3;;/q;+1;-1. The maximum absolute atomic E-state index is 11.2. The van der Waals surface area contributed by atoms with Gasteiger partial charge in [0.05, 0.1) is 5.75 Å². The molecule has 0 amide bonds. The number of hydrogen-bond donors (Lipinski definition) is 0. The smallest absolute Gasteiger partial charge is 1.00 e. The molecule has 6 heteroatoms. The van der Waals surface area contributed by atoms with E-state index in [1.807, 2.05) is 0 Å². The van der Waals surface area contributed by atoms with Gasteiger partial charge in [-0.05, 0) is 6.42 Å². The fraction of sp³-hybridized carbons (Fsp3) is 0.909. The average Bonchev–Trinajstić information content (AvgIpc) is 2.22. The maximum atomic E-state index is 11.2. The molecule has 0 aliphatic carbocycles. The summed E-state index contributed by atoms with van der Waals surface area (Å²) < 4.78 is 26.8. The molecule has 0 aliphatic rings. The Kier molecular flexibility index (Phi) is 13.4. The summed E-state index contributed by atoms with van der Waals surface area (Å²) in [6, 6.07) is 0. The molecule has 0 aromatic heterocycles. The van der Waals surface area contributed by atoms with Crippen LogP contribution < -0.4 is 29.6 Å². The third-order valence-electron chi connectivity index (χ3n) is 2.26. The van der Waals surface area contributed by atoms with Crippen molar-refractivity contribution in [2.24, 2.45) is 0 Å². The summed E-state index contributed by atoms with van der Waals surface area (Å²) in [6.07, 6.45) is 6.10. The van der Waals surface area contributed by atoms with E-state index < -0.39 is 16.1 Å². The first kappa shape index (κ1) is 19.8. The molecule has 17 heavy (non-hydrogen) atoms. The van der Waals surface area contributed by atoms with Gasteiger partial charge in [-0.15, -0.1) is 0 Å². The number of hydrogen-bond acceptors (Lipinski definition) is 4. The molecule has 0 spiro atoms. The molecule has 0 radical (unpaired) electrons. The van der Waals surface area contributed by atoms with E-state index in [0.29, 0.717) is 6.42 Å². The molecule has 0 fully saturated rings. The Morgan fingerprint density at radius 3 is 2.12 bits per heavy atom. The zero-order valence-electron chi connectivity index (χ0n) is 12.2. The number of carbonyl (C=O) groups excluding carboxylic acids is 1.